The minimum Gasteiger partial charge on any atom is -0.481 e. The van der Waals surface area contributed by atoms with E-state index in [9.17, 15) is 14.3 Å². The Hall–Kier alpha value is -2.20. The lowest BCUT2D eigenvalue weighted by Gasteiger charge is -2.39. The van der Waals surface area contributed by atoms with Gasteiger partial charge in [0.05, 0.1) is 5.41 Å². The van der Waals surface area contributed by atoms with Gasteiger partial charge in [-0.3, -0.25) is 9.69 Å². The van der Waals surface area contributed by atoms with E-state index >= 15 is 0 Å². The first-order valence-corrected chi connectivity index (χ1v) is 8.82. The van der Waals surface area contributed by atoms with Crippen molar-refractivity contribution in [3.8, 4) is 0 Å². The van der Waals surface area contributed by atoms with Crippen LogP contribution < -0.4 is 0 Å². The number of aryl methyl sites for hydroxylation is 1. The zero-order valence-corrected chi connectivity index (χ0v) is 14.3. The standard InChI is InChI=1S/C21H24FNO2/c22-19-8-6-18(7-9-19)16-23-14-12-21(13-15-23,20(24)25)11-10-17-4-2-1-3-5-17/h1-9H,10-16H2,(H,24,25). The lowest BCUT2D eigenvalue weighted by Crippen LogP contribution is -2.44. The molecule has 0 unspecified atom stereocenters. The van der Waals surface area contributed by atoms with E-state index < -0.39 is 11.4 Å². The van der Waals surface area contributed by atoms with E-state index in [1.54, 1.807) is 12.1 Å². The molecule has 1 aliphatic rings. The van der Waals surface area contributed by atoms with Crippen molar-refractivity contribution in [3.05, 3.63) is 71.5 Å². The molecule has 0 aromatic heterocycles. The van der Waals surface area contributed by atoms with Crippen LogP contribution in [0.1, 0.15) is 30.4 Å². The fourth-order valence-corrected chi connectivity index (χ4v) is 3.59. The summed E-state index contributed by atoms with van der Waals surface area (Å²) in [5.41, 5.74) is 1.63. The number of carbonyl (C=O) groups is 1. The Balaban J connectivity index is 1.58. The van der Waals surface area contributed by atoms with Crippen LogP contribution in [-0.4, -0.2) is 29.1 Å². The van der Waals surface area contributed by atoms with E-state index in [0.717, 1.165) is 31.6 Å². The van der Waals surface area contributed by atoms with Crippen molar-refractivity contribution in [1.82, 2.24) is 4.90 Å². The number of piperidine rings is 1. The van der Waals surface area contributed by atoms with E-state index in [2.05, 4.69) is 17.0 Å². The molecule has 25 heavy (non-hydrogen) atoms. The minimum absolute atomic E-state index is 0.229. The van der Waals surface area contributed by atoms with Crippen LogP contribution in [0.2, 0.25) is 0 Å². The molecule has 4 heteroatoms. The van der Waals surface area contributed by atoms with Gasteiger partial charge in [0.15, 0.2) is 0 Å². The van der Waals surface area contributed by atoms with Crippen molar-refractivity contribution in [2.45, 2.75) is 32.2 Å². The molecule has 0 radical (unpaired) electrons. The highest BCUT2D eigenvalue weighted by molar-refractivity contribution is 5.74. The van der Waals surface area contributed by atoms with E-state index in [-0.39, 0.29) is 5.82 Å². The number of benzene rings is 2. The van der Waals surface area contributed by atoms with Crippen LogP contribution >= 0.6 is 0 Å². The molecule has 2 aromatic carbocycles. The molecule has 132 valence electrons. The SMILES string of the molecule is O=C(O)C1(CCc2ccccc2)CCN(Cc2ccc(F)cc2)CC1. The summed E-state index contributed by atoms with van der Waals surface area (Å²) in [5, 5.41) is 9.81. The summed E-state index contributed by atoms with van der Waals surface area (Å²) in [4.78, 5) is 14.2. The smallest absolute Gasteiger partial charge is 0.309 e. The fourth-order valence-electron chi connectivity index (χ4n) is 3.59. The van der Waals surface area contributed by atoms with Gasteiger partial charge in [0.1, 0.15) is 5.82 Å². The number of carboxylic acids is 1. The molecule has 2 aromatic rings. The van der Waals surface area contributed by atoms with Crippen LogP contribution in [0.5, 0.6) is 0 Å². The zero-order chi connectivity index (χ0) is 17.7. The third kappa shape index (κ3) is 4.45. The van der Waals surface area contributed by atoms with Crippen molar-refractivity contribution in [3.63, 3.8) is 0 Å². The van der Waals surface area contributed by atoms with Gasteiger partial charge in [-0.2, -0.15) is 0 Å². The highest BCUT2D eigenvalue weighted by Gasteiger charge is 2.40. The van der Waals surface area contributed by atoms with Crippen LogP contribution in [0.15, 0.2) is 54.6 Å². The molecule has 0 spiro atoms. The van der Waals surface area contributed by atoms with Crippen molar-refractivity contribution in [2.24, 2.45) is 5.41 Å². The summed E-state index contributed by atoms with van der Waals surface area (Å²) in [6.45, 7) is 2.27. The van der Waals surface area contributed by atoms with Gasteiger partial charge >= 0.3 is 5.97 Å². The van der Waals surface area contributed by atoms with Crippen molar-refractivity contribution < 1.29 is 14.3 Å². The molecule has 3 nitrogen and oxygen atoms in total. The maximum atomic E-state index is 13.0. The monoisotopic (exact) mass is 341 g/mol. The average molecular weight is 341 g/mol. The van der Waals surface area contributed by atoms with Gasteiger partial charge in [0, 0.05) is 6.54 Å². The summed E-state index contributed by atoms with van der Waals surface area (Å²) in [7, 11) is 0. The number of likely N-dealkylation sites (tertiary alicyclic amines) is 1. The van der Waals surface area contributed by atoms with Gasteiger partial charge in [-0.1, -0.05) is 42.5 Å². The normalized spacial score (nSPS) is 17.3. The Bertz CT molecular complexity index is 692. The van der Waals surface area contributed by atoms with Crippen molar-refractivity contribution in [1.29, 1.82) is 0 Å². The minimum atomic E-state index is -0.676. The molecule has 0 atom stereocenters. The van der Waals surface area contributed by atoms with Crippen molar-refractivity contribution in [2.75, 3.05) is 13.1 Å². The number of rotatable bonds is 6. The number of halogens is 1. The first kappa shape index (κ1) is 17.6. The maximum Gasteiger partial charge on any atom is 0.309 e. The number of carboxylic acid groups (broad SMARTS) is 1. The average Bonchev–Trinajstić information content (AvgIpc) is 2.64. The Morgan fingerprint density at radius 3 is 2.24 bits per heavy atom. The predicted molar refractivity (Wildman–Crippen MR) is 95.7 cm³/mol. The van der Waals surface area contributed by atoms with E-state index in [4.69, 9.17) is 0 Å². The quantitative estimate of drug-likeness (QED) is 0.859. The lowest BCUT2D eigenvalue weighted by molar-refractivity contribution is -0.152. The Morgan fingerprint density at radius 1 is 1.00 bits per heavy atom. The molecule has 0 saturated carbocycles. The molecule has 0 amide bonds. The predicted octanol–water partition coefficient (Wildman–Crippen LogP) is 4.13. The van der Waals surface area contributed by atoms with Crippen LogP contribution in [0.4, 0.5) is 4.39 Å². The topological polar surface area (TPSA) is 40.5 Å². The maximum absolute atomic E-state index is 13.0. The highest BCUT2D eigenvalue weighted by Crippen LogP contribution is 2.37. The van der Waals surface area contributed by atoms with Gasteiger partial charge in [-0.15, -0.1) is 0 Å². The van der Waals surface area contributed by atoms with Gasteiger partial charge in [-0.05, 0) is 62.0 Å². The molecule has 1 fully saturated rings. The summed E-state index contributed by atoms with van der Waals surface area (Å²) < 4.78 is 13.0. The number of hydrogen-bond donors (Lipinski definition) is 1. The number of nitrogens with zero attached hydrogens (tertiary/aromatic N) is 1. The second-order valence-corrected chi connectivity index (χ2v) is 6.97. The Labute approximate surface area is 148 Å². The Morgan fingerprint density at radius 2 is 1.64 bits per heavy atom. The largest absolute Gasteiger partial charge is 0.481 e. The number of aliphatic carboxylic acids is 1. The molecule has 1 N–H and O–H groups in total. The number of hydrogen-bond acceptors (Lipinski definition) is 2. The second kappa shape index (κ2) is 7.79. The van der Waals surface area contributed by atoms with E-state index in [1.807, 2.05) is 18.2 Å². The molecule has 0 bridgehead atoms. The second-order valence-electron chi connectivity index (χ2n) is 6.97. The van der Waals surface area contributed by atoms with Gasteiger partial charge < -0.3 is 5.11 Å². The zero-order valence-electron chi connectivity index (χ0n) is 14.3. The third-order valence-electron chi connectivity index (χ3n) is 5.32. The van der Waals surface area contributed by atoms with E-state index in [1.165, 1.54) is 17.7 Å². The van der Waals surface area contributed by atoms with E-state index in [0.29, 0.717) is 19.3 Å². The van der Waals surface area contributed by atoms with Crippen LogP contribution in [0.25, 0.3) is 0 Å². The van der Waals surface area contributed by atoms with Crippen LogP contribution in [-0.2, 0) is 17.8 Å². The third-order valence-corrected chi connectivity index (χ3v) is 5.32. The Kier molecular flexibility index (Phi) is 5.49. The summed E-state index contributed by atoms with van der Waals surface area (Å²) >= 11 is 0. The highest BCUT2D eigenvalue weighted by atomic mass is 19.1. The first-order valence-electron chi connectivity index (χ1n) is 8.82. The van der Waals surface area contributed by atoms with Crippen LogP contribution in [0, 0.1) is 11.2 Å². The van der Waals surface area contributed by atoms with Gasteiger partial charge in [-0.25, -0.2) is 4.39 Å². The van der Waals surface area contributed by atoms with Gasteiger partial charge in [0.2, 0.25) is 0 Å². The fraction of sp³-hybridized carbons (Fsp3) is 0.381. The molecule has 1 heterocycles. The molecule has 1 saturated heterocycles. The van der Waals surface area contributed by atoms with Crippen molar-refractivity contribution >= 4 is 5.97 Å². The molecular weight excluding hydrogens is 317 g/mol. The molecular formula is C21H24FNO2. The summed E-state index contributed by atoms with van der Waals surface area (Å²) in [6, 6.07) is 16.6. The molecule has 0 aliphatic carbocycles. The summed E-state index contributed by atoms with van der Waals surface area (Å²) in [6.07, 6.45) is 2.80. The van der Waals surface area contributed by atoms with Crippen LogP contribution in [0.3, 0.4) is 0 Å². The van der Waals surface area contributed by atoms with Gasteiger partial charge in [0.25, 0.3) is 0 Å². The molecule has 3 rings (SSSR count). The molecule has 1 aliphatic heterocycles. The first-order chi connectivity index (χ1) is 12.1. The summed E-state index contributed by atoms with van der Waals surface area (Å²) in [5.74, 6) is -0.905. The lowest BCUT2D eigenvalue weighted by atomic mass is 9.74.